The van der Waals surface area contributed by atoms with Crippen LogP contribution < -0.4 is 0 Å². The normalized spacial score (nSPS) is 11.2. The number of hydrogen-bond donors (Lipinski definition) is 0. The van der Waals surface area contributed by atoms with Crippen LogP contribution in [0.4, 0.5) is 0 Å². The molecule has 0 fully saturated rings. The average molecular weight is 399 g/mol. The minimum Gasteiger partial charge on any atom is -0.382 e. The van der Waals surface area contributed by atoms with E-state index in [2.05, 4.69) is 26.0 Å². The van der Waals surface area contributed by atoms with Crippen LogP contribution in [0.3, 0.4) is 0 Å². The second-order valence-corrected chi connectivity index (χ2v) is 7.01. The minimum absolute atomic E-state index is 0.148. The second-order valence-electron chi connectivity index (χ2n) is 7.01. The molecule has 30 heavy (non-hydrogen) atoms. The Hall–Kier alpha value is -3.59. The molecule has 3 aromatic rings. The summed E-state index contributed by atoms with van der Waals surface area (Å²) in [6.07, 6.45) is 7.77. The van der Waals surface area contributed by atoms with E-state index in [4.69, 9.17) is 16.2 Å². The minimum atomic E-state index is 0.148. The molecule has 0 aliphatic rings. The first kappa shape index (κ1) is 21.1. The van der Waals surface area contributed by atoms with E-state index < -0.39 is 0 Å². The highest BCUT2D eigenvalue weighted by Gasteiger charge is 2.08. The van der Waals surface area contributed by atoms with Crippen LogP contribution in [0.1, 0.15) is 41.8 Å². The van der Waals surface area contributed by atoms with Crippen molar-refractivity contribution in [3.63, 3.8) is 0 Å². The first-order chi connectivity index (χ1) is 14.5. The van der Waals surface area contributed by atoms with Gasteiger partial charge >= 0.3 is 0 Å². The van der Waals surface area contributed by atoms with E-state index in [-0.39, 0.29) is 6.61 Å². The summed E-state index contributed by atoms with van der Waals surface area (Å²) in [6.45, 7) is 5.96. The van der Waals surface area contributed by atoms with Crippen molar-refractivity contribution in [3.8, 4) is 23.9 Å². The van der Waals surface area contributed by atoms with Crippen molar-refractivity contribution in [1.82, 2.24) is 19.9 Å². The molecule has 0 aliphatic carbocycles. The third kappa shape index (κ3) is 5.95. The van der Waals surface area contributed by atoms with Crippen molar-refractivity contribution in [2.45, 2.75) is 40.0 Å². The van der Waals surface area contributed by atoms with Gasteiger partial charge in [0.2, 0.25) is 0 Å². The van der Waals surface area contributed by atoms with Gasteiger partial charge in [-0.25, -0.2) is 15.0 Å². The molecule has 6 nitrogen and oxygen atoms in total. The summed E-state index contributed by atoms with van der Waals surface area (Å²) >= 11 is 0. The van der Waals surface area contributed by atoms with Crippen molar-refractivity contribution < 1.29 is 4.84 Å². The Morgan fingerprint density at radius 2 is 1.77 bits per heavy atom. The van der Waals surface area contributed by atoms with E-state index in [1.165, 1.54) is 0 Å². The number of aryl methyl sites for hydroxylation is 4. The molecular formula is C24H25N5O. The molecule has 0 saturated heterocycles. The topological polar surface area (TPSA) is 73.2 Å². The Morgan fingerprint density at radius 1 is 0.967 bits per heavy atom. The monoisotopic (exact) mass is 399 g/mol. The Balaban J connectivity index is 1.65. The van der Waals surface area contributed by atoms with Gasteiger partial charge in [-0.3, -0.25) is 4.98 Å². The Kier molecular flexibility index (Phi) is 7.23. The van der Waals surface area contributed by atoms with E-state index in [9.17, 15) is 0 Å². The SMILES string of the molecule is C#CCO/N=C(\C)c1cccc(CCCc2cc(C)nc(-c3cccc(C)n3)n2)n1. The van der Waals surface area contributed by atoms with E-state index in [0.717, 1.165) is 53.4 Å². The summed E-state index contributed by atoms with van der Waals surface area (Å²) in [6, 6.07) is 13.8. The van der Waals surface area contributed by atoms with Crippen LogP contribution in [-0.2, 0) is 17.7 Å². The molecule has 0 atom stereocenters. The predicted molar refractivity (Wildman–Crippen MR) is 118 cm³/mol. The summed E-state index contributed by atoms with van der Waals surface area (Å²) < 4.78 is 0. The molecule has 0 spiro atoms. The number of nitrogens with zero attached hydrogens (tertiary/aromatic N) is 5. The zero-order valence-electron chi connectivity index (χ0n) is 17.6. The van der Waals surface area contributed by atoms with Crippen LogP contribution in [0.25, 0.3) is 11.5 Å². The maximum Gasteiger partial charge on any atom is 0.178 e. The van der Waals surface area contributed by atoms with Crippen LogP contribution in [0, 0.1) is 26.2 Å². The summed E-state index contributed by atoms with van der Waals surface area (Å²) in [4.78, 5) is 23.5. The fourth-order valence-corrected chi connectivity index (χ4v) is 3.03. The van der Waals surface area contributed by atoms with Gasteiger partial charge in [0.1, 0.15) is 11.4 Å². The first-order valence-corrected chi connectivity index (χ1v) is 9.90. The molecule has 6 heteroatoms. The zero-order chi connectivity index (χ0) is 21.3. The average Bonchev–Trinajstić information content (AvgIpc) is 2.74. The molecule has 3 rings (SSSR count). The highest BCUT2D eigenvalue weighted by atomic mass is 16.6. The molecule has 0 N–H and O–H groups in total. The van der Waals surface area contributed by atoms with Gasteiger partial charge in [-0.15, -0.1) is 6.42 Å². The Bertz CT molecular complexity index is 1080. The van der Waals surface area contributed by atoms with Crippen molar-refractivity contribution in [1.29, 1.82) is 0 Å². The Labute approximate surface area is 177 Å². The number of oxime groups is 1. The van der Waals surface area contributed by atoms with Crippen LogP contribution in [0.15, 0.2) is 47.6 Å². The summed E-state index contributed by atoms with van der Waals surface area (Å²) in [5.74, 6) is 3.06. The lowest BCUT2D eigenvalue weighted by molar-refractivity contribution is 0.180. The van der Waals surface area contributed by atoms with Crippen molar-refractivity contribution in [2.24, 2.45) is 5.16 Å². The zero-order valence-corrected chi connectivity index (χ0v) is 17.6. The molecule has 3 aromatic heterocycles. The quantitative estimate of drug-likeness (QED) is 0.247. The second kappa shape index (κ2) is 10.3. The van der Waals surface area contributed by atoms with Gasteiger partial charge in [-0.05, 0) is 70.4 Å². The molecule has 152 valence electrons. The van der Waals surface area contributed by atoms with Crippen molar-refractivity contribution in [2.75, 3.05) is 6.61 Å². The van der Waals surface area contributed by atoms with Gasteiger partial charge in [0.15, 0.2) is 12.4 Å². The van der Waals surface area contributed by atoms with Crippen LogP contribution in [0.5, 0.6) is 0 Å². The van der Waals surface area contributed by atoms with E-state index >= 15 is 0 Å². The maximum atomic E-state index is 5.17. The first-order valence-electron chi connectivity index (χ1n) is 9.90. The number of aromatic nitrogens is 4. The molecule has 0 amide bonds. The summed E-state index contributed by atoms with van der Waals surface area (Å²) in [7, 11) is 0. The van der Waals surface area contributed by atoms with Gasteiger partial charge < -0.3 is 4.84 Å². The third-order valence-electron chi connectivity index (χ3n) is 4.42. The molecule has 0 radical (unpaired) electrons. The van der Waals surface area contributed by atoms with Gasteiger partial charge in [-0.2, -0.15) is 0 Å². The van der Waals surface area contributed by atoms with Gasteiger partial charge in [0, 0.05) is 22.8 Å². The lowest BCUT2D eigenvalue weighted by Crippen LogP contribution is -2.04. The van der Waals surface area contributed by atoms with E-state index in [1.54, 1.807) is 0 Å². The fourth-order valence-electron chi connectivity index (χ4n) is 3.03. The fraction of sp³-hybridized carbons (Fsp3) is 0.292. The predicted octanol–water partition coefficient (Wildman–Crippen LogP) is 4.10. The number of rotatable bonds is 8. The van der Waals surface area contributed by atoms with Crippen molar-refractivity contribution in [3.05, 3.63) is 70.9 Å². The molecular weight excluding hydrogens is 374 g/mol. The Morgan fingerprint density at radius 3 is 2.57 bits per heavy atom. The van der Waals surface area contributed by atoms with E-state index in [0.29, 0.717) is 11.5 Å². The molecule has 0 aromatic carbocycles. The maximum absolute atomic E-state index is 5.17. The van der Waals surface area contributed by atoms with Crippen LogP contribution in [0.2, 0.25) is 0 Å². The third-order valence-corrected chi connectivity index (χ3v) is 4.42. The summed E-state index contributed by atoms with van der Waals surface area (Å²) in [5.41, 5.74) is 6.20. The highest BCUT2D eigenvalue weighted by Crippen LogP contribution is 2.15. The number of terminal acetylenes is 1. The highest BCUT2D eigenvalue weighted by molar-refractivity contribution is 5.96. The van der Waals surface area contributed by atoms with E-state index in [1.807, 2.05) is 63.2 Å². The standard InChI is InChI=1S/C24H25N5O/c1-5-15-30-29-19(4)22-13-8-11-20(27-22)10-7-12-21-16-18(3)26-24(28-21)23-14-6-9-17(2)25-23/h1,6,8-9,11,13-14,16H,7,10,12,15H2,2-4H3/b29-19+. The number of pyridine rings is 2. The lowest BCUT2D eigenvalue weighted by Gasteiger charge is -2.07. The molecule has 3 heterocycles. The van der Waals surface area contributed by atoms with Gasteiger partial charge in [0.05, 0.1) is 5.69 Å². The van der Waals surface area contributed by atoms with Gasteiger partial charge in [0.25, 0.3) is 0 Å². The molecule has 0 bridgehead atoms. The van der Waals surface area contributed by atoms with Crippen molar-refractivity contribution >= 4 is 5.71 Å². The largest absolute Gasteiger partial charge is 0.382 e. The molecule has 0 saturated carbocycles. The van der Waals surface area contributed by atoms with Crippen LogP contribution in [-0.4, -0.2) is 32.3 Å². The molecule has 0 unspecified atom stereocenters. The smallest absolute Gasteiger partial charge is 0.178 e. The van der Waals surface area contributed by atoms with Gasteiger partial charge in [-0.1, -0.05) is 23.2 Å². The molecule has 0 aliphatic heterocycles. The summed E-state index contributed by atoms with van der Waals surface area (Å²) in [5, 5.41) is 4.00. The lowest BCUT2D eigenvalue weighted by atomic mass is 10.1. The van der Waals surface area contributed by atoms with Crippen LogP contribution >= 0.6 is 0 Å². The number of hydrogen-bond acceptors (Lipinski definition) is 6.